The van der Waals surface area contributed by atoms with E-state index in [1.807, 2.05) is 0 Å². The first-order valence-electron chi connectivity index (χ1n) is 8.72. The molecule has 0 bridgehead atoms. The Labute approximate surface area is 101 Å². The predicted molar refractivity (Wildman–Crippen MR) is 55.0 cm³/mol. The average molecular weight is 254 g/mol. The van der Waals surface area contributed by atoms with Crippen LogP contribution < -0.4 is 4.90 Å². The van der Waals surface area contributed by atoms with E-state index in [1.54, 1.807) is 0 Å². The molecule has 0 aromatic carbocycles. The lowest BCUT2D eigenvalue weighted by Gasteiger charge is -2.29. The molecular formula is C9H11BrN2O. The van der Waals surface area contributed by atoms with Crippen molar-refractivity contribution in [3.05, 3.63) is 22.9 Å². The Hall–Kier alpha value is -0.610. The van der Waals surface area contributed by atoms with Gasteiger partial charge in [0.25, 0.3) is 0 Å². The minimum absolute atomic E-state index is 0.0493. The maximum Gasteiger partial charge on any atom is 0.0853 e. The number of morpholine rings is 1. The molecule has 0 atom stereocenters. The summed E-state index contributed by atoms with van der Waals surface area (Å²) in [5.41, 5.74) is -0.703. The van der Waals surface area contributed by atoms with E-state index < -0.39 is 50.2 Å². The second kappa shape index (κ2) is 4.07. The van der Waals surface area contributed by atoms with Crippen LogP contribution in [0.4, 0.5) is 5.69 Å². The Morgan fingerprint density at radius 3 is 3.15 bits per heavy atom. The quantitative estimate of drug-likeness (QED) is 0.762. The summed E-state index contributed by atoms with van der Waals surface area (Å²) in [5, 5.41) is 0. The third-order valence-corrected chi connectivity index (χ3v) is 1.79. The van der Waals surface area contributed by atoms with Crippen molar-refractivity contribution >= 4 is 21.6 Å². The molecule has 3 nitrogen and oxygen atoms in total. The highest BCUT2D eigenvalue weighted by Gasteiger charge is 2.12. The Balaban J connectivity index is 2.88. The summed E-state index contributed by atoms with van der Waals surface area (Å²) in [6.45, 7) is -13.1. The number of halogens is 1. The molecule has 0 amide bonds. The summed E-state index contributed by atoms with van der Waals surface area (Å²) < 4.78 is 89.2. The molecule has 0 spiro atoms. The molecular weight excluding hydrogens is 232 g/mol. The minimum Gasteiger partial charge on any atom is -0.378 e. The number of pyridine rings is 1. The maximum atomic E-state index is 7.93. The van der Waals surface area contributed by atoms with Gasteiger partial charge in [-0.25, -0.2) is 0 Å². The maximum absolute atomic E-state index is 7.93. The van der Waals surface area contributed by atoms with Crippen LogP contribution in [-0.2, 0) is 4.74 Å². The summed E-state index contributed by atoms with van der Waals surface area (Å²) in [4.78, 5) is 3.45. The van der Waals surface area contributed by atoms with E-state index in [1.165, 1.54) is 0 Å². The van der Waals surface area contributed by atoms with E-state index in [4.69, 9.17) is 15.1 Å². The highest BCUT2D eigenvalue weighted by molar-refractivity contribution is 9.10. The van der Waals surface area contributed by atoms with Crippen LogP contribution >= 0.6 is 15.9 Å². The van der Waals surface area contributed by atoms with Gasteiger partial charge < -0.3 is 9.64 Å². The van der Waals surface area contributed by atoms with E-state index in [0.29, 0.717) is 0 Å². The van der Waals surface area contributed by atoms with Crippen LogP contribution in [0.15, 0.2) is 22.9 Å². The first-order valence-corrected chi connectivity index (χ1v) is 4.01. The minimum atomic E-state index is -3.29. The van der Waals surface area contributed by atoms with Gasteiger partial charge >= 0.3 is 0 Å². The zero-order valence-corrected chi connectivity index (χ0v) is 7.77. The first kappa shape index (κ1) is 2.70. The van der Waals surface area contributed by atoms with Crippen molar-refractivity contribution in [1.82, 2.24) is 4.98 Å². The Morgan fingerprint density at radius 1 is 1.62 bits per heavy atom. The number of anilines is 1. The lowest BCUT2D eigenvalue weighted by molar-refractivity contribution is 0.122. The molecule has 1 saturated heterocycles. The van der Waals surface area contributed by atoms with Crippen molar-refractivity contribution < 1.29 is 19.8 Å². The molecule has 0 unspecified atom stereocenters. The molecule has 2 rings (SSSR count). The van der Waals surface area contributed by atoms with E-state index in [2.05, 4.69) is 25.7 Å². The van der Waals surface area contributed by atoms with Crippen molar-refractivity contribution in [2.75, 3.05) is 31.0 Å². The Bertz CT molecular complexity index is 642. The number of hydrogen-bond donors (Lipinski definition) is 0. The van der Waals surface area contributed by atoms with Crippen molar-refractivity contribution in [2.45, 2.75) is 0 Å². The topological polar surface area (TPSA) is 25.4 Å². The predicted octanol–water partition coefficient (Wildman–Crippen LogP) is 1.68. The number of hydrogen-bond acceptors (Lipinski definition) is 3. The standard InChI is InChI=1S/C9H11BrN2O/c10-8-7-11-2-1-9(8)12-3-5-13-6-4-12/h1-2,7H,3-6H2/i1D,2D,3D2,4D2,5D2,6D2,7D. The second-order valence-corrected chi connectivity index (χ2v) is 2.78. The summed E-state index contributed by atoms with van der Waals surface area (Å²) in [7, 11) is 0. The van der Waals surface area contributed by atoms with Gasteiger partial charge in [-0.2, -0.15) is 0 Å². The van der Waals surface area contributed by atoms with Gasteiger partial charge in [-0.05, 0) is 22.0 Å². The van der Waals surface area contributed by atoms with Gasteiger partial charge in [0.1, 0.15) is 0 Å². The molecule has 1 aliphatic rings. The van der Waals surface area contributed by atoms with Gasteiger partial charge in [-0.15, -0.1) is 0 Å². The van der Waals surface area contributed by atoms with Crippen molar-refractivity contribution in [3.63, 3.8) is 0 Å². The Kier molecular flexibility index (Phi) is 0.845. The summed E-state index contributed by atoms with van der Waals surface area (Å²) in [6, 6.07) is -0.792. The first-order chi connectivity index (χ1) is 10.6. The number of ether oxygens (including phenoxy) is 1. The van der Waals surface area contributed by atoms with Crippen LogP contribution in [0.2, 0.25) is 0 Å². The van der Waals surface area contributed by atoms with Crippen molar-refractivity contribution in [2.24, 2.45) is 0 Å². The molecule has 0 saturated carbocycles. The van der Waals surface area contributed by atoms with Crippen LogP contribution in [0.3, 0.4) is 0 Å². The third-order valence-electron chi connectivity index (χ3n) is 1.23. The lowest BCUT2D eigenvalue weighted by Crippen LogP contribution is -2.36. The van der Waals surface area contributed by atoms with Crippen LogP contribution in [0.5, 0.6) is 0 Å². The van der Waals surface area contributed by atoms with Gasteiger partial charge in [-0.1, -0.05) is 0 Å². The third kappa shape index (κ3) is 2.00. The zero-order valence-electron chi connectivity index (χ0n) is 17.2. The smallest absolute Gasteiger partial charge is 0.0853 e. The average Bonchev–Trinajstić information content (AvgIpc) is 2.38. The summed E-state index contributed by atoms with van der Waals surface area (Å²) >= 11 is 2.87. The van der Waals surface area contributed by atoms with Crippen molar-refractivity contribution in [3.8, 4) is 0 Å². The molecule has 70 valence electrons. The molecule has 13 heavy (non-hydrogen) atoms. The van der Waals surface area contributed by atoms with E-state index in [9.17, 15) is 0 Å². The molecule has 1 aromatic heterocycles. The Morgan fingerprint density at radius 2 is 2.38 bits per heavy atom. The van der Waals surface area contributed by atoms with Crippen LogP contribution in [-0.4, -0.2) is 31.1 Å². The van der Waals surface area contributed by atoms with Gasteiger partial charge in [0.05, 0.1) is 38.4 Å². The molecule has 1 aliphatic heterocycles. The normalized spacial score (nSPS) is 45.3. The number of nitrogens with zero attached hydrogens (tertiary/aromatic N) is 2. The number of rotatable bonds is 1. The highest BCUT2D eigenvalue weighted by Crippen LogP contribution is 2.24. The number of aromatic nitrogens is 1. The molecule has 0 N–H and O–H groups in total. The molecule has 1 aromatic rings. The van der Waals surface area contributed by atoms with Crippen LogP contribution in [0.25, 0.3) is 0 Å². The van der Waals surface area contributed by atoms with Gasteiger partial charge in [0.2, 0.25) is 0 Å². The SMILES string of the molecule is [2H]c1nc([2H])c(Br)c(N2C([2H])([2H])C([2H])([2H])OC([2H])([2H])C2([2H])[2H])c1[2H]. The van der Waals surface area contributed by atoms with E-state index in [-0.39, 0.29) is 9.37 Å². The van der Waals surface area contributed by atoms with Gasteiger partial charge in [0.15, 0.2) is 0 Å². The molecule has 4 heteroatoms. The molecule has 1 fully saturated rings. The van der Waals surface area contributed by atoms with Crippen LogP contribution in [0.1, 0.15) is 15.1 Å². The molecule has 0 aliphatic carbocycles. The lowest BCUT2D eigenvalue weighted by atomic mass is 10.3. The van der Waals surface area contributed by atoms with E-state index in [0.717, 1.165) is 0 Å². The zero-order chi connectivity index (χ0) is 18.9. The fourth-order valence-corrected chi connectivity index (χ4v) is 1.09. The highest BCUT2D eigenvalue weighted by atomic mass is 79.9. The molecule has 2 heterocycles. The largest absolute Gasteiger partial charge is 0.378 e. The van der Waals surface area contributed by atoms with Crippen LogP contribution in [0, 0.1) is 0 Å². The van der Waals surface area contributed by atoms with E-state index >= 15 is 0 Å². The summed E-state index contributed by atoms with van der Waals surface area (Å²) in [6.07, 6.45) is -1.37. The van der Waals surface area contributed by atoms with Crippen molar-refractivity contribution in [1.29, 1.82) is 0 Å². The summed E-state index contributed by atoms with van der Waals surface area (Å²) in [5.74, 6) is 0. The monoisotopic (exact) mass is 253 g/mol. The fraction of sp³-hybridized carbons (Fsp3) is 0.444. The fourth-order valence-electron chi connectivity index (χ4n) is 0.722. The second-order valence-electron chi connectivity index (χ2n) is 1.99. The molecule has 0 radical (unpaired) electrons. The van der Waals surface area contributed by atoms with Gasteiger partial charge in [0, 0.05) is 25.3 Å². The van der Waals surface area contributed by atoms with Gasteiger partial charge in [-0.3, -0.25) is 4.98 Å².